The lowest BCUT2D eigenvalue weighted by molar-refractivity contribution is -0.127. The number of aromatic nitrogens is 2. The molecule has 0 aliphatic carbocycles. The molecule has 21 heavy (non-hydrogen) atoms. The van der Waals surface area contributed by atoms with Crippen molar-refractivity contribution in [3.8, 4) is 0 Å². The molecule has 1 aliphatic rings. The van der Waals surface area contributed by atoms with Crippen molar-refractivity contribution >= 4 is 16.9 Å². The van der Waals surface area contributed by atoms with Crippen LogP contribution in [0.1, 0.15) is 18.2 Å². The monoisotopic (exact) mass is 281 g/mol. The Labute approximate surface area is 124 Å². The first-order chi connectivity index (χ1) is 10.2. The molecule has 0 N–H and O–H groups in total. The van der Waals surface area contributed by atoms with Crippen molar-refractivity contribution in [2.24, 2.45) is 0 Å². The van der Waals surface area contributed by atoms with Crippen molar-refractivity contribution in [2.75, 3.05) is 13.1 Å². The fraction of sp³-hybridized carbons (Fsp3) is 0.294. The fourth-order valence-electron chi connectivity index (χ4n) is 3.00. The number of likely N-dealkylation sites (tertiary alicyclic amines) is 1. The third kappa shape index (κ3) is 2.37. The molecular formula is C17H19N3O. The number of amides is 1. The SMILES string of the molecule is C=CCN1CC(c2nc3ccccc3n2CC=C)CC1=O. The number of nitrogens with zero attached hydrogens (tertiary/aromatic N) is 3. The van der Waals surface area contributed by atoms with E-state index < -0.39 is 0 Å². The Morgan fingerprint density at radius 1 is 1.24 bits per heavy atom. The molecule has 3 rings (SSSR count). The van der Waals surface area contributed by atoms with Gasteiger partial charge >= 0.3 is 0 Å². The zero-order valence-corrected chi connectivity index (χ0v) is 12.0. The number of carbonyl (C=O) groups excluding carboxylic acids is 1. The highest BCUT2D eigenvalue weighted by Crippen LogP contribution is 2.30. The third-order valence-electron chi connectivity index (χ3n) is 3.92. The largest absolute Gasteiger partial charge is 0.338 e. The maximum Gasteiger partial charge on any atom is 0.223 e. The van der Waals surface area contributed by atoms with Gasteiger partial charge < -0.3 is 9.47 Å². The van der Waals surface area contributed by atoms with Crippen LogP contribution in [0.2, 0.25) is 0 Å². The number of rotatable bonds is 5. The van der Waals surface area contributed by atoms with Crippen LogP contribution in [-0.4, -0.2) is 33.4 Å². The fourth-order valence-corrected chi connectivity index (χ4v) is 3.00. The Bertz CT molecular complexity index is 701. The van der Waals surface area contributed by atoms with E-state index in [1.54, 1.807) is 6.08 Å². The molecule has 2 heterocycles. The van der Waals surface area contributed by atoms with Crippen LogP contribution in [-0.2, 0) is 11.3 Å². The molecule has 0 radical (unpaired) electrons. The lowest BCUT2D eigenvalue weighted by Crippen LogP contribution is -2.25. The first-order valence-corrected chi connectivity index (χ1v) is 7.19. The summed E-state index contributed by atoms with van der Waals surface area (Å²) < 4.78 is 2.16. The quantitative estimate of drug-likeness (QED) is 0.790. The molecular weight excluding hydrogens is 262 g/mol. The minimum Gasteiger partial charge on any atom is -0.338 e. The normalized spacial score (nSPS) is 18.4. The van der Waals surface area contributed by atoms with E-state index in [4.69, 9.17) is 4.98 Å². The lowest BCUT2D eigenvalue weighted by Gasteiger charge is -2.14. The standard InChI is InChI=1S/C17H19N3O/c1-3-9-19-12-13(11-16(19)21)17-18-14-7-5-6-8-15(14)20(17)10-4-2/h3-8,13H,1-2,9-12H2. The van der Waals surface area contributed by atoms with E-state index in [0.29, 0.717) is 26.1 Å². The molecule has 4 heteroatoms. The van der Waals surface area contributed by atoms with Crippen LogP contribution in [0.25, 0.3) is 11.0 Å². The van der Waals surface area contributed by atoms with Crippen molar-refractivity contribution in [3.63, 3.8) is 0 Å². The van der Waals surface area contributed by atoms with E-state index >= 15 is 0 Å². The van der Waals surface area contributed by atoms with Gasteiger partial charge in [0.05, 0.1) is 11.0 Å². The van der Waals surface area contributed by atoms with E-state index in [0.717, 1.165) is 16.9 Å². The van der Waals surface area contributed by atoms with Crippen molar-refractivity contribution in [2.45, 2.75) is 18.9 Å². The molecule has 108 valence electrons. The topological polar surface area (TPSA) is 38.1 Å². The second kappa shape index (κ2) is 5.56. The van der Waals surface area contributed by atoms with Gasteiger partial charge in [-0.2, -0.15) is 0 Å². The minimum atomic E-state index is 0.143. The molecule has 1 aliphatic heterocycles. The Balaban J connectivity index is 2.00. The molecule has 1 saturated heterocycles. The minimum absolute atomic E-state index is 0.143. The Morgan fingerprint density at radius 2 is 2.00 bits per heavy atom. The molecule has 0 spiro atoms. The molecule has 1 aromatic heterocycles. The molecule has 1 fully saturated rings. The summed E-state index contributed by atoms with van der Waals surface area (Å²) in [5.41, 5.74) is 2.07. The summed E-state index contributed by atoms with van der Waals surface area (Å²) in [5, 5.41) is 0. The Morgan fingerprint density at radius 3 is 2.76 bits per heavy atom. The molecule has 0 bridgehead atoms. The molecule has 1 aromatic carbocycles. The van der Waals surface area contributed by atoms with Crippen LogP contribution < -0.4 is 0 Å². The first-order valence-electron chi connectivity index (χ1n) is 7.19. The maximum absolute atomic E-state index is 12.1. The Hall–Kier alpha value is -2.36. The molecule has 2 aromatic rings. The highest BCUT2D eigenvalue weighted by Gasteiger charge is 2.33. The summed E-state index contributed by atoms with van der Waals surface area (Å²) in [6.07, 6.45) is 4.16. The van der Waals surface area contributed by atoms with E-state index in [9.17, 15) is 4.79 Å². The van der Waals surface area contributed by atoms with Gasteiger partial charge in [-0.05, 0) is 12.1 Å². The van der Waals surface area contributed by atoms with Gasteiger partial charge in [0.1, 0.15) is 5.82 Å². The summed E-state index contributed by atoms with van der Waals surface area (Å²) in [6.45, 7) is 9.57. The number of para-hydroxylation sites is 2. The number of fused-ring (bicyclic) bond motifs is 1. The van der Waals surface area contributed by atoms with Crippen LogP contribution in [0.3, 0.4) is 0 Å². The van der Waals surface area contributed by atoms with Crippen molar-refractivity contribution in [1.29, 1.82) is 0 Å². The van der Waals surface area contributed by atoms with E-state index in [1.807, 2.05) is 29.2 Å². The van der Waals surface area contributed by atoms with Crippen molar-refractivity contribution in [3.05, 3.63) is 55.4 Å². The number of carbonyl (C=O) groups is 1. The van der Waals surface area contributed by atoms with E-state index in [2.05, 4.69) is 23.8 Å². The molecule has 1 amide bonds. The van der Waals surface area contributed by atoms with E-state index in [-0.39, 0.29) is 11.8 Å². The predicted molar refractivity (Wildman–Crippen MR) is 84.1 cm³/mol. The number of imidazole rings is 1. The lowest BCUT2D eigenvalue weighted by atomic mass is 10.1. The number of hydrogen-bond donors (Lipinski definition) is 0. The van der Waals surface area contributed by atoms with Gasteiger partial charge in [-0.1, -0.05) is 24.3 Å². The summed E-state index contributed by atoms with van der Waals surface area (Å²) >= 11 is 0. The highest BCUT2D eigenvalue weighted by atomic mass is 16.2. The van der Waals surface area contributed by atoms with Crippen LogP contribution in [0.15, 0.2) is 49.6 Å². The van der Waals surface area contributed by atoms with Crippen molar-refractivity contribution in [1.82, 2.24) is 14.5 Å². The zero-order valence-electron chi connectivity index (χ0n) is 12.0. The number of benzene rings is 1. The summed E-state index contributed by atoms with van der Waals surface area (Å²) in [6, 6.07) is 8.07. The van der Waals surface area contributed by atoms with Crippen LogP contribution in [0.5, 0.6) is 0 Å². The predicted octanol–water partition coefficient (Wildman–Crippen LogP) is 2.72. The second-order valence-electron chi connectivity index (χ2n) is 5.35. The van der Waals surface area contributed by atoms with Crippen LogP contribution in [0.4, 0.5) is 0 Å². The van der Waals surface area contributed by atoms with Gasteiger partial charge in [-0.15, -0.1) is 13.2 Å². The maximum atomic E-state index is 12.1. The summed E-state index contributed by atoms with van der Waals surface area (Å²) in [7, 11) is 0. The Kier molecular flexibility index (Phi) is 3.60. The number of hydrogen-bond acceptors (Lipinski definition) is 2. The molecule has 1 atom stereocenters. The third-order valence-corrected chi connectivity index (χ3v) is 3.92. The van der Waals surface area contributed by atoms with Gasteiger partial charge in [-0.25, -0.2) is 4.98 Å². The molecule has 0 saturated carbocycles. The average molecular weight is 281 g/mol. The highest BCUT2D eigenvalue weighted by molar-refractivity contribution is 5.81. The van der Waals surface area contributed by atoms with Gasteiger partial charge in [0.25, 0.3) is 0 Å². The second-order valence-corrected chi connectivity index (χ2v) is 5.35. The van der Waals surface area contributed by atoms with Gasteiger partial charge in [0, 0.05) is 32.0 Å². The summed E-state index contributed by atoms with van der Waals surface area (Å²) in [4.78, 5) is 18.6. The van der Waals surface area contributed by atoms with Crippen LogP contribution >= 0.6 is 0 Å². The summed E-state index contributed by atoms with van der Waals surface area (Å²) in [5.74, 6) is 1.30. The molecule has 1 unspecified atom stereocenters. The van der Waals surface area contributed by atoms with Gasteiger partial charge in [-0.3, -0.25) is 4.79 Å². The van der Waals surface area contributed by atoms with E-state index in [1.165, 1.54) is 0 Å². The number of allylic oxidation sites excluding steroid dienone is 1. The first kappa shape index (κ1) is 13.6. The smallest absolute Gasteiger partial charge is 0.223 e. The van der Waals surface area contributed by atoms with Crippen LogP contribution in [0, 0.1) is 0 Å². The zero-order chi connectivity index (χ0) is 14.8. The molecule has 4 nitrogen and oxygen atoms in total. The average Bonchev–Trinajstić information content (AvgIpc) is 3.02. The van der Waals surface area contributed by atoms with Gasteiger partial charge in [0.2, 0.25) is 5.91 Å². The van der Waals surface area contributed by atoms with Crippen molar-refractivity contribution < 1.29 is 4.79 Å². The van der Waals surface area contributed by atoms with Gasteiger partial charge in [0.15, 0.2) is 0 Å².